The Balaban J connectivity index is 2.10. The number of fused-ring (bicyclic) bond motifs is 1. The quantitative estimate of drug-likeness (QED) is 0.748. The maximum atomic E-state index is 13.5. The fourth-order valence-electron chi connectivity index (χ4n) is 2.32. The summed E-state index contributed by atoms with van der Waals surface area (Å²) in [4.78, 5) is 4.20. The summed E-state index contributed by atoms with van der Waals surface area (Å²) in [5, 5.41) is 1.65. The number of rotatable bonds is 1. The first-order valence-electron chi connectivity index (χ1n) is 6.69. The summed E-state index contributed by atoms with van der Waals surface area (Å²) < 4.78 is 25.5. The van der Waals surface area contributed by atoms with Gasteiger partial charge in [0.15, 0.2) is 0 Å². The van der Waals surface area contributed by atoms with E-state index in [1.165, 1.54) is 12.1 Å². The van der Waals surface area contributed by atoms with Crippen LogP contribution in [0.2, 0.25) is 0 Å². The average Bonchev–Trinajstić information content (AvgIpc) is 2.57. The summed E-state index contributed by atoms with van der Waals surface area (Å²) in [6, 6.07) is 4.64. The van der Waals surface area contributed by atoms with Crippen LogP contribution in [0.3, 0.4) is 0 Å². The molecule has 1 saturated heterocycles. The highest BCUT2D eigenvalue weighted by molar-refractivity contribution is 6.65. The molecule has 0 saturated carbocycles. The molecule has 3 rings (SSSR count). The lowest BCUT2D eigenvalue weighted by Gasteiger charge is -2.32. The second-order valence-corrected chi connectivity index (χ2v) is 6.18. The van der Waals surface area contributed by atoms with Crippen molar-refractivity contribution in [2.24, 2.45) is 0 Å². The Morgan fingerprint density at radius 1 is 1.05 bits per heavy atom. The third-order valence-corrected chi connectivity index (χ3v) is 4.26. The number of aromatic nitrogens is 1. The number of hydrogen-bond acceptors (Lipinski definition) is 3. The van der Waals surface area contributed by atoms with E-state index in [0.29, 0.717) is 0 Å². The molecule has 5 heteroatoms. The van der Waals surface area contributed by atoms with Crippen LogP contribution in [0.15, 0.2) is 30.6 Å². The largest absolute Gasteiger partial charge is 0.497 e. The molecule has 1 fully saturated rings. The van der Waals surface area contributed by atoms with Gasteiger partial charge in [-0.3, -0.25) is 4.98 Å². The van der Waals surface area contributed by atoms with E-state index in [1.807, 2.05) is 27.7 Å². The van der Waals surface area contributed by atoms with Crippen LogP contribution in [-0.4, -0.2) is 23.3 Å². The van der Waals surface area contributed by atoms with Gasteiger partial charge < -0.3 is 9.31 Å². The topological polar surface area (TPSA) is 31.4 Å². The van der Waals surface area contributed by atoms with Crippen molar-refractivity contribution in [2.45, 2.75) is 38.9 Å². The van der Waals surface area contributed by atoms with Crippen LogP contribution in [0.4, 0.5) is 4.39 Å². The first-order valence-corrected chi connectivity index (χ1v) is 6.69. The fourth-order valence-corrected chi connectivity index (χ4v) is 2.32. The number of pyridine rings is 1. The summed E-state index contributed by atoms with van der Waals surface area (Å²) >= 11 is 0. The molecule has 0 bridgehead atoms. The minimum Gasteiger partial charge on any atom is -0.399 e. The van der Waals surface area contributed by atoms with E-state index >= 15 is 0 Å². The van der Waals surface area contributed by atoms with Gasteiger partial charge in [0.1, 0.15) is 5.82 Å². The molecule has 3 nitrogen and oxygen atoms in total. The van der Waals surface area contributed by atoms with Crippen LogP contribution >= 0.6 is 0 Å². The highest BCUT2D eigenvalue weighted by Gasteiger charge is 2.52. The maximum Gasteiger partial charge on any atom is 0.497 e. The Bertz CT molecular complexity index is 656. The minimum absolute atomic E-state index is 0.276. The van der Waals surface area contributed by atoms with Crippen molar-refractivity contribution >= 4 is 23.4 Å². The molecule has 1 aliphatic rings. The van der Waals surface area contributed by atoms with Gasteiger partial charge in [0.25, 0.3) is 0 Å². The smallest absolute Gasteiger partial charge is 0.399 e. The van der Waals surface area contributed by atoms with Crippen molar-refractivity contribution in [2.75, 3.05) is 0 Å². The normalized spacial score (nSPS) is 20.6. The second kappa shape index (κ2) is 4.27. The van der Waals surface area contributed by atoms with Gasteiger partial charge in [-0.2, -0.15) is 0 Å². The number of halogens is 1. The first-order chi connectivity index (χ1) is 9.30. The summed E-state index contributed by atoms with van der Waals surface area (Å²) in [5.41, 5.74) is -0.0824. The van der Waals surface area contributed by atoms with Crippen molar-refractivity contribution in [3.63, 3.8) is 0 Å². The highest BCUT2D eigenvalue weighted by atomic mass is 19.1. The SMILES string of the molecule is CC1(C)OB(c2cncc3ccc(F)cc23)OC1(C)C. The van der Waals surface area contributed by atoms with Crippen molar-refractivity contribution in [3.8, 4) is 0 Å². The molecule has 0 atom stereocenters. The lowest BCUT2D eigenvalue weighted by Crippen LogP contribution is -2.41. The van der Waals surface area contributed by atoms with Gasteiger partial charge in [-0.15, -0.1) is 0 Å². The lowest BCUT2D eigenvalue weighted by molar-refractivity contribution is 0.00578. The molecule has 0 aliphatic carbocycles. The van der Waals surface area contributed by atoms with Crippen LogP contribution in [0.5, 0.6) is 0 Å². The van der Waals surface area contributed by atoms with Gasteiger partial charge in [-0.1, -0.05) is 0 Å². The van der Waals surface area contributed by atoms with Gasteiger partial charge >= 0.3 is 7.12 Å². The standard InChI is InChI=1S/C15H17BFNO2/c1-14(2)15(3,4)20-16(19-14)13-9-18-8-10-5-6-11(17)7-12(10)13/h5-9H,1-4H3. The Morgan fingerprint density at radius 3 is 2.35 bits per heavy atom. The molecule has 1 aromatic heterocycles. The maximum absolute atomic E-state index is 13.5. The Kier molecular flexibility index (Phi) is 2.89. The van der Waals surface area contributed by atoms with Gasteiger partial charge in [-0.25, -0.2) is 4.39 Å². The zero-order chi connectivity index (χ0) is 14.5. The molecule has 0 unspecified atom stereocenters. The summed E-state index contributed by atoms with van der Waals surface area (Å²) in [6.45, 7) is 7.97. The van der Waals surface area contributed by atoms with Crippen LogP contribution in [0.1, 0.15) is 27.7 Å². The van der Waals surface area contributed by atoms with Crippen LogP contribution in [-0.2, 0) is 9.31 Å². The van der Waals surface area contributed by atoms with E-state index in [9.17, 15) is 4.39 Å². The monoisotopic (exact) mass is 273 g/mol. The second-order valence-electron chi connectivity index (χ2n) is 6.18. The van der Waals surface area contributed by atoms with Gasteiger partial charge in [0.2, 0.25) is 0 Å². The van der Waals surface area contributed by atoms with Crippen molar-refractivity contribution in [1.82, 2.24) is 4.98 Å². The number of nitrogens with zero attached hydrogens (tertiary/aromatic N) is 1. The molecule has 1 aliphatic heterocycles. The minimum atomic E-state index is -0.530. The Labute approximate surface area is 118 Å². The molecular weight excluding hydrogens is 256 g/mol. The molecule has 0 spiro atoms. The highest BCUT2D eigenvalue weighted by Crippen LogP contribution is 2.36. The third kappa shape index (κ3) is 2.01. The van der Waals surface area contributed by atoms with Crippen molar-refractivity contribution in [3.05, 3.63) is 36.4 Å². The third-order valence-electron chi connectivity index (χ3n) is 4.26. The van der Waals surface area contributed by atoms with Crippen LogP contribution < -0.4 is 5.46 Å². The molecule has 104 valence electrons. The molecule has 2 aromatic rings. The summed E-state index contributed by atoms with van der Waals surface area (Å²) in [6.07, 6.45) is 3.40. The molecular formula is C15H17BFNO2. The molecule has 2 heterocycles. The van der Waals surface area contributed by atoms with E-state index in [-0.39, 0.29) is 5.82 Å². The molecule has 0 radical (unpaired) electrons. The summed E-state index contributed by atoms with van der Waals surface area (Å²) in [7, 11) is -0.530. The number of benzene rings is 1. The van der Waals surface area contributed by atoms with E-state index in [4.69, 9.17) is 9.31 Å². The van der Waals surface area contributed by atoms with Crippen molar-refractivity contribution < 1.29 is 13.7 Å². The zero-order valence-corrected chi connectivity index (χ0v) is 12.1. The van der Waals surface area contributed by atoms with E-state index in [0.717, 1.165) is 16.2 Å². The van der Waals surface area contributed by atoms with E-state index in [2.05, 4.69) is 4.98 Å². The van der Waals surface area contributed by atoms with Gasteiger partial charge in [0.05, 0.1) is 11.2 Å². The first kappa shape index (κ1) is 13.5. The van der Waals surface area contributed by atoms with Gasteiger partial charge in [-0.05, 0) is 56.7 Å². The van der Waals surface area contributed by atoms with Gasteiger partial charge in [0, 0.05) is 17.9 Å². The molecule has 1 aromatic carbocycles. The predicted molar refractivity (Wildman–Crippen MR) is 77.4 cm³/mol. The molecule has 20 heavy (non-hydrogen) atoms. The van der Waals surface area contributed by atoms with E-state index < -0.39 is 18.3 Å². The molecule has 0 N–H and O–H groups in total. The Hall–Kier alpha value is -1.46. The fraction of sp³-hybridized carbons (Fsp3) is 0.400. The van der Waals surface area contributed by atoms with Crippen molar-refractivity contribution in [1.29, 1.82) is 0 Å². The van der Waals surface area contributed by atoms with Crippen LogP contribution in [0.25, 0.3) is 10.8 Å². The zero-order valence-electron chi connectivity index (χ0n) is 12.1. The average molecular weight is 273 g/mol. The van der Waals surface area contributed by atoms with Crippen LogP contribution in [0, 0.1) is 5.82 Å². The predicted octanol–water partition coefficient (Wildman–Crippen LogP) is 2.67. The lowest BCUT2D eigenvalue weighted by atomic mass is 9.77. The van der Waals surface area contributed by atoms with E-state index in [1.54, 1.807) is 18.5 Å². The number of hydrogen-bond donors (Lipinski definition) is 0. The summed E-state index contributed by atoms with van der Waals surface area (Å²) in [5.74, 6) is -0.276. The molecule has 0 amide bonds. The Morgan fingerprint density at radius 2 is 1.70 bits per heavy atom.